The van der Waals surface area contributed by atoms with Crippen LogP contribution in [0.15, 0.2) is 35.2 Å². The van der Waals surface area contributed by atoms with Gasteiger partial charge in [-0.15, -0.1) is 17.9 Å². The van der Waals surface area contributed by atoms with Gasteiger partial charge in [-0.2, -0.15) is 10.5 Å². The highest BCUT2D eigenvalue weighted by molar-refractivity contribution is 7.99. The number of nitrogens with two attached hydrogens (primary N) is 1. The lowest BCUT2D eigenvalue weighted by Gasteiger charge is -2.07. The van der Waals surface area contributed by atoms with E-state index in [1.54, 1.807) is 6.08 Å². The first-order chi connectivity index (χ1) is 9.72. The molecule has 0 aliphatic carbocycles. The van der Waals surface area contributed by atoms with Crippen molar-refractivity contribution in [2.75, 3.05) is 11.5 Å². The normalized spacial score (nSPS) is 9.70. The number of aromatic amines is 1. The summed E-state index contributed by atoms with van der Waals surface area (Å²) in [6.07, 6.45) is 1.75. The van der Waals surface area contributed by atoms with Crippen molar-refractivity contribution >= 4 is 28.9 Å². The van der Waals surface area contributed by atoms with Gasteiger partial charge in [0, 0.05) is 16.2 Å². The summed E-state index contributed by atoms with van der Waals surface area (Å²) in [6.45, 7) is 3.66. The summed E-state index contributed by atoms with van der Waals surface area (Å²) in [7, 11) is 0. The Balaban J connectivity index is 2.75. The number of H-pyrrole nitrogens is 1. The van der Waals surface area contributed by atoms with Crippen molar-refractivity contribution in [3.05, 3.63) is 41.3 Å². The first kappa shape index (κ1) is 14.1. The summed E-state index contributed by atoms with van der Waals surface area (Å²) in [6, 6.07) is 8.02. The lowest BCUT2D eigenvalue weighted by Crippen LogP contribution is -2.18. The number of hydrogen-bond acceptors (Lipinski definition) is 5. The molecule has 0 radical (unpaired) electrons. The maximum atomic E-state index is 9.45. The third-order valence-corrected chi connectivity index (χ3v) is 4.47. The Kier molecular flexibility index (Phi) is 4.41. The van der Waals surface area contributed by atoms with Crippen molar-refractivity contribution in [1.82, 2.24) is 0 Å². The van der Waals surface area contributed by atoms with Crippen LogP contribution in [0, 0.1) is 22.7 Å². The molecule has 0 saturated heterocycles. The summed E-state index contributed by atoms with van der Waals surface area (Å²) in [4.78, 5) is 3.80. The fourth-order valence-electron chi connectivity index (χ4n) is 1.76. The second-order valence-electron chi connectivity index (χ2n) is 3.79. The van der Waals surface area contributed by atoms with Gasteiger partial charge in [0.2, 0.25) is 0 Å². The molecule has 2 aromatic rings. The Labute approximate surface area is 125 Å². The largest absolute Gasteiger partial charge is 0.289 e. The number of aromatic nitrogens is 1. The molecule has 20 heavy (non-hydrogen) atoms. The van der Waals surface area contributed by atoms with Crippen molar-refractivity contribution in [2.24, 2.45) is 0 Å². The zero-order valence-corrected chi connectivity index (χ0v) is 12.1. The number of thiophene rings is 1. The SMILES string of the molecule is C=CCSc1[nH+]c(N)c(C#N)c(-c2cccs2)c1C#N. The predicted molar refractivity (Wildman–Crippen MR) is 81.1 cm³/mol. The first-order valence-electron chi connectivity index (χ1n) is 5.69. The Morgan fingerprint density at radius 1 is 1.40 bits per heavy atom. The molecule has 0 bridgehead atoms. The van der Waals surface area contributed by atoms with Crippen LogP contribution in [0.25, 0.3) is 10.4 Å². The highest BCUT2D eigenvalue weighted by atomic mass is 32.2. The Morgan fingerprint density at radius 3 is 2.70 bits per heavy atom. The highest BCUT2D eigenvalue weighted by Crippen LogP contribution is 2.35. The minimum Gasteiger partial charge on any atom is -0.286 e. The predicted octanol–water partition coefficient (Wildman–Crippen LogP) is 2.83. The second kappa shape index (κ2) is 6.25. The van der Waals surface area contributed by atoms with Gasteiger partial charge in [-0.05, 0) is 11.4 Å². The second-order valence-corrected chi connectivity index (χ2v) is 5.77. The molecule has 6 heteroatoms. The summed E-state index contributed by atoms with van der Waals surface area (Å²) < 4.78 is 0. The number of nitrogens with one attached hydrogen (secondary N) is 1. The molecule has 0 saturated carbocycles. The van der Waals surface area contributed by atoms with Gasteiger partial charge in [0.25, 0.3) is 5.82 Å². The van der Waals surface area contributed by atoms with E-state index in [2.05, 4.69) is 23.7 Å². The zero-order chi connectivity index (χ0) is 14.5. The van der Waals surface area contributed by atoms with Crippen LogP contribution in [-0.4, -0.2) is 5.75 Å². The van der Waals surface area contributed by atoms with Crippen LogP contribution in [0.5, 0.6) is 0 Å². The molecule has 0 fully saturated rings. The number of thioether (sulfide) groups is 1. The number of pyridine rings is 1. The summed E-state index contributed by atoms with van der Waals surface area (Å²) in [5, 5.41) is 21.3. The van der Waals surface area contributed by atoms with E-state index in [0.29, 0.717) is 27.5 Å². The minimum atomic E-state index is 0.279. The van der Waals surface area contributed by atoms with Crippen LogP contribution in [0.1, 0.15) is 11.1 Å². The van der Waals surface area contributed by atoms with Gasteiger partial charge in [0.05, 0.1) is 0 Å². The molecule has 0 amide bonds. The lowest BCUT2D eigenvalue weighted by atomic mass is 10.0. The number of anilines is 1. The van der Waals surface area contributed by atoms with E-state index in [9.17, 15) is 10.5 Å². The van der Waals surface area contributed by atoms with Crippen molar-refractivity contribution in [2.45, 2.75) is 5.03 Å². The lowest BCUT2D eigenvalue weighted by molar-refractivity contribution is -0.410. The van der Waals surface area contributed by atoms with E-state index in [0.717, 1.165) is 4.88 Å². The van der Waals surface area contributed by atoms with Crippen molar-refractivity contribution < 1.29 is 4.98 Å². The maximum absolute atomic E-state index is 9.45. The van der Waals surface area contributed by atoms with Gasteiger partial charge in [-0.25, -0.2) is 4.98 Å². The number of rotatable bonds is 4. The average Bonchev–Trinajstić information content (AvgIpc) is 2.98. The zero-order valence-electron chi connectivity index (χ0n) is 10.5. The molecule has 0 spiro atoms. The van der Waals surface area contributed by atoms with Crippen LogP contribution in [0.3, 0.4) is 0 Å². The fourth-order valence-corrected chi connectivity index (χ4v) is 3.30. The molecule has 0 atom stereocenters. The third-order valence-electron chi connectivity index (χ3n) is 2.58. The molecule has 2 heterocycles. The van der Waals surface area contributed by atoms with E-state index in [1.165, 1.54) is 23.1 Å². The molecule has 0 aliphatic heterocycles. The monoisotopic (exact) mass is 299 g/mol. The molecular formula is C14H11N4S2+. The molecular weight excluding hydrogens is 288 g/mol. The highest BCUT2D eigenvalue weighted by Gasteiger charge is 2.23. The van der Waals surface area contributed by atoms with E-state index in [4.69, 9.17) is 5.73 Å². The Morgan fingerprint density at radius 2 is 2.15 bits per heavy atom. The summed E-state index contributed by atoms with van der Waals surface area (Å²) >= 11 is 2.91. The number of nitriles is 2. The summed E-state index contributed by atoms with van der Waals surface area (Å²) in [5.74, 6) is 0.932. The molecule has 98 valence electrons. The van der Waals surface area contributed by atoms with Gasteiger partial charge in [0.1, 0.15) is 17.7 Å². The molecule has 2 aromatic heterocycles. The quantitative estimate of drug-likeness (QED) is 0.694. The molecule has 0 unspecified atom stereocenters. The molecule has 0 aromatic carbocycles. The fraction of sp³-hybridized carbons (Fsp3) is 0.0714. The molecule has 3 N–H and O–H groups in total. The molecule has 4 nitrogen and oxygen atoms in total. The third kappa shape index (κ3) is 2.53. The van der Waals surface area contributed by atoms with E-state index < -0.39 is 0 Å². The van der Waals surface area contributed by atoms with Crippen molar-refractivity contribution in [3.8, 4) is 22.6 Å². The van der Waals surface area contributed by atoms with Gasteiger partial charge in [0.15, 0.2) is 10.6 Å². The molecule has 0 aliphatic rings. The Hall–Kier alpha value is -2.28. The number of nitrogens with zero attached hydrogens (tertiary/aromatic N) is 2. The standard InChI is InChI=1S/C14H10N4S2/c1-2-5-20-14-10(8-16)12(11-4-3-6-19-11)9(7-15)13(17)18-14/h2-4,6H,1,5H2,(H2,17,18)/p+1. The van der Waals surface area contributed by atoms with Crippen LogP contribution < -0.4 is 10.7 Å². The number of nitrogen functional groups attached to an aromatic ring is 1. The van der Waals surface area contributed by atoms with E-state index in [1.807, 2.05) is 17.5 Å². The summed E-state index contributed by atoms with van der Waals surface area (Å²) in [5.41, 5.74) is 7.28. The Bertz CT molecular complexity index is 721. The average molecular weight is 299 g/mol. The number of hydrogen-bond donors (Lipinski definition) is 1. The topological polar surface area (TPSA) is 87.7 Å². The van der Waals surface area contributed by atoms with Crippen LogP contribution in [0.4, 0.5) is 5.82 Å². The van der Waals surface area contributed by atoms with Gasteiger partial charge in [-0.1, -0.05) is 23.9 Å². The van der Waals surface area contributed by atoms with Gasteiger partial charge in [-0.3, -0.25) is 5.73 Å². The van der Waals surface area contributed by atoms with Crippen LogP contribution in [-0.2, 0) is 0 Å². The van der Waals surface area contributed by atoms with Crippen molar-refractivity contribution in [3.63, 3.8) is 0 Å². The van der Waals surface area contributed by atoms with E-state index >= 15 is 0 Å². The smallest absolute Gasteiger partial charge is 0.286 e. The van der Waals surface area contributed by atoms with Crippen molar-refractivity contribution in [1.29, 1.82) is 10.5 Å². The maximum Gasteiger partial charge on any atom is 0.289 e. The van der Waals surface area contributed by atoms with Gasteiger partial charge < -0.3 is 0 Å². The van der Waals surface area contributed by atoms with E-state index in [-0.39, 0.29) is 5.82 Å². The minimum absolute atomic E-state index is 0.279. The van der Waals surface area contributed by atoms with Gasteiger partial charge >= 0.3 is 0 Å². The van der Waals surface area contributed by atoms with Crippen LogP contribution >= 0.6 is 23.1 Å². The van der Waals surface area contributed by atoms with Crippen LogP contribution in [0.2, 0.25) is 0 Å². The molecule has 2 rings (SSSR count). The first-order valence-corrected chi connectivity index (χ1v) is 7.56.